The van der Waals surface area contributed by atoms with Crippen LogP contribution < -0.4 is 0 Å². The number of carboxylic acid groups (broad SMARTS) is 1. The molecule has 2 rings (SSSR count). The summed E-state index contributed by atoms with van der Waals surface area (Å²) in [4.78, 5) is 25.9. The lowest BCUT2D eigenvalue weighted by atomic mass is 10.1. The van der Waals surface area contributed by atoms with Gasteiger partial charge in [-0.1, -0.05) is 18.2 Å². The smallest absolute Gasteiger partial charge is 0.335 e. The van der Waals surface area contributed by atoms with Gasteiger partial charge in [-0.2, -0.15) is 0 Å². The summed E-state index contributed by atoms with van der Waals surface area (Å²) in [5, 5.41) is 10.8. The van der Waals surface area contributed by atoms with Crippen molar-refractivity contribution in [2.24, 2.45) is 0 Å². The van der Waals surface area contributed by atoms with Gasteiger partial charge in [-0.15, -0.1) is 11.3 Å². The number of carboxylic acids is 1. The molecule has 0 aliphatic carbocycles. The maximum Gasteiger partial charge on any atom is 0.335 e. The highest BCUT2D eigenvalue weighted by Gasteiger charge is 2.20. The number of thiophene rings is 1. The molecule has 0 aliphatic heterocycles. The van der Waals surface area contributed by atoms with E-state index in [9.17, 15) is 9.59 Å². The first-order chi connectivity index (χ1) is 9.99. The molecule has 110 valence electrons. The number of amides is 1. The second-order valence-corrected chi connectivity index (χ2v) is 5.91. The van der Waals surface area contributed by atoms with Crippen molar-refractivity contribution in [2.45, 2.75) is 19.4 Å². The SMILES string of the molecule is C[C@@H](C(=O)N(C)Cc1ccc(C(=O)O)cc1)c1cccs1. The Bertz CT molecular complexity index is 619. The molecule has 1 atom stereocenters. The molecule has 0 saturated heterocycles. The second kappa shape index (κ2) is 6.54. The Morgan fingerprint density at radius 3 is 2.43 bits per heavy atom. The molecule has 0 spiro atoms. The minimum atomic E-state index is -0.947. The summed E-state index contributed by atoms with van der Waals surface area (Å²) in [5.41, 5.74) is 1.16. The Morgan fingerprint density at radius 2 is 1.90 bits per heavy atom. The van der Waals surface area contributed by atoms with Gasteiger partial charge in [-0.3, -0.25) is 4.79 Å². The minimum absolute atomic E-state index is 0.0553. The van der Waals surface area contributed by atoms with Gasteiger partial charge < -0.3 is 10.0 Å². The molecule has 5 heteroatoms. The van der Waals surface area contributed by atoms with E-state index in [1.807, 2.05) is 24.4 Å². The lowest BCUT2D eigenvalue weighted by molar-refractivity contribution is -0.131. The van der Waals surface area contributed by atoms with Crippen LogP contribution in [0.2, 0.25) is 0 Å². The molecule has 0 saturated carbocycles. The maximum absolute atomic E-state index is 12.4. The third kappa shape index (κ3) is 3.70. The van der Waals surface area contributed by atoms with Gasteiger partial charge in [0, 0.05) is 18.5 Å². The summed E-state index contributed by atoms with van der Waals surface area (Å²) >= 11 is 1.58. The van der Waals surface area contributed by atoms with Crippen LogP contribution in [0, 0.1) is 0 Å². The highest BCUT2D eigenvalue weighted by atomic mass is 32.1. The van der Waals surface area contributed by atoms with Crippen LogP contribution in [-0.2, 0) is 11.3 Å². The van der Waals surface area contributed by atoms with Gasteiger partial charge in [0.25, 0.3) is 0 Å². The average Bonchev–Trinajstić information content (AvgIpc) is 3.00. The van der Waals surface area contributed by atoms with Gasteiger partial charge in [-0.05, 0) is 36.1 Å². The number of carbonyl (C=O) groups is 2. The normalized spacial score (nSPS) is 11.9. The Hall–Kier alpha value is -2.14. The number of carbonyl (C=O) groups excluding carboxylic acids is 1. The van der Waals surface area contributed by atoms with Crippen molar-refractivity contribution in [3.8, 4) is 0 Å². The van der Waals surface area contributed by atoms with Gasteiger partial charge in [-0.25, -0.2) is 4.79 Å². The van der Waals surface area contributed by atoms with E-state index in [-0.39, 0.29) is 17.4 Å². The molecule has 1 aromatic carbocycles. The van der Waals surface area contributed by atoms with E-state index in [1.165, 1.54) is 0 Å². The molecule has 1 N–H and O–H groups in total. The zero-order valence-corrected chi connectivity index (χ0v) is 12.8. The summed E-state index contributed by atoms with van der Waals surface area (Å²) in [5.74, 6) is -1.05. The zero-order valence-electron chi connectivity index (χ0n) is 11.9. The number of benzene rings is 1. The molecule has 0 radical (unpaired) electrons. The average molecular weight is 303 g/mol. The van der Waals surface area contributed by atoms with Crippen molar-refractivity contribution in [3.05, 3.63) is 57.8 Å². The van der Waals surface area contributed by atoms with Crippen LogP contribution in [0.3, 0.4) is 0 Å². The molecule has 1 heterocycles. The number of aromatic carboxylic acids is 1. The van der Waals surface area contributed by atoms with E-state index in [1.54, 1.807) is 47.5 Å². The third-order valence-corrected chi connectivity index (χ3v) is 4.39. The Balaban J connectivity index is 2.02. The number of nitrogens with zero attached hydrogens (tertiary/aromatic N) is 1. The molecule has 1 aromatic heterocycles. The summed E-state index contributed by atoms with van der Waals surface area (Å²) < 4.78 is 0. The van der Waals surface area contributed by atoms with Crippen LogP contribution in [0.15, 0.2) is 41.8 Å². The Morgan fingerprint density at radius 1 is 1.24 bits per heavy atom. The van der Waals surface area contributed by atoms with Gasteiger partial charge in [0.05, 0.1) is 11.5 Å². The minimum Gasteiger partial charge on any atom is -0.478 e. The van der Waals surface area contributed by atoms with Crippen molar-refractivity contribution < 1.29 is 14.7 Å². The molecular weight excluding hydrogens is 286 g/mol. The maximum atomic E-state index is 12.4. The second-order valence-electron chi connectivity index (χ2n) is 4.93. The monoisotopic (exact) mass is 303 g/mol. The standard InChI is InChI=1S/C16H17NO3S/c1-11(14-4-3-9-21-14)15(18)17(2)10-12-5-7-13(8-6-12)16(19)20/h3-9,11H,10H2,1-2H3,(H,19,20)/t11-/m1/s1. The summed E-state index contributed by atoms with van der Waals surface area (Å²) in [6.45, 7) is 2.37. The summed E-state index contributed by atoms with van der Waals surface area (Å²) in [6, 6.07) is 10.5. The lowest BCUT2D eigenvalue weighted by Crippen LogP contribution is -2.29. The van der Waals surface area contributed by atoms with Crippen molar-refractivity contribution in [3.63, 3.8) is 0 Å². The molecule has 0 bridgehead atoms. The molecule has 0 unspecified atom stereocenters. The van der Waals surface area contributed by atoms with Crippen LogP contribution in [0.1, 0.15) is 33.6 Å². The topological polar surface area (TPSA) is 57.6 Å². The molecular formula is C16H17NO3S. The number of likely N-dealkylation sites (N-methyl/N-ethyl adjacent to an activating group) is 1. The first-order valence-corrected chi connectivity index (χ1v) is 7.47. The van der Waals surface area contributed by atoms with Gasteiger partial charge in [0.2, 0.25) is 5.91 Å². The molecule has 0 fully saturated rings. The summed E-state index contributed by atoms with van der Waals surface area (Å²) in [7, 11) is 1.76. The van der Waals surface area contributed by atoms with Crippen LogP contribution in [0.25, 0.3) is 0 Å². The van der Waals surface area contributed by atoms with E-state index < -0.39 is 5.97 Å². The van der Waals surface area contributed by atoms with E-state index in [2.05, 4.69) is 0 Å². The zero-order chi connectivity index (χ0) is 15.4. The predicted molar refractivity (Wildman–Crippen MR) is 82.6 cm³/mol. The fraction of sp³-hybridized carbons (Fsp3) is 0.250. The molecule has 4 nitrogen and oxygen atoms in total. The first kappa shape index (κ1) is 15.3. The van der Waals surface area contributed by atoms with E-state index in [0.29, 0.717) is 6.54 Å². The van der Waals surface area contributed by atoms with Crippen molar-refractivity contribution in [2.75, 3.05) is 7.05 Å². The highest BCUT2D eigenvalue weighted by molar-refractivity contribution is 7.10. The van der Waals surface area contributed by atoms with Gasteiger partial charge >= 0.3 is 5.97 Å². The van der Waals surface area contributed by atoms with Crippen LogP contribution >= 0.6 is 11.3 Å². The van der Waals surface area contributed by atoms with E-state index in [0.717, 1.165) is 10.4 Å². The van der Waals surface area contributed by atoms with Crippen molar-refractivity contribution >= 4 is 23.2 Å². The Kier molecular flexibility index (Phi) is 4.75. The quantitative estimate of drug-likeness (QED) is 0.922. The van der Waals surface area contributed by atoms with E-state index in [4.69, 9.17) is 5.11 Å². The van der Waals surface area contributed by atoms with Crippen molar-refractivity contribution in [1.82, 2.24) is 4.90 Å². The molecule has 21 heavy (non-hydrogen) atoms. The van der Waals surface area contributed by atoms with Gasteiger partial charge in [0.1, 0.15) is 0 Å². The summed E-state index contributed by atoms with van der Waals surface area (Å²) in [6.07, 6.45) is 0. The fourth-order valence-electron chi connectivity index (χ4n) is 2.09. The first-order valence-electron chi connectivity index (χ1n) is 6.59. The van der Waals surface area contributed by atoms with E-state index >= 15 is 0 Å². The van der Waals surface area contributed by atoms with Crippen molar-refractivity contribution in [1.29, 1.82) is 0 Å². The van der Waals surface area contributed by atoms with Crippen LogP contribution in [0.5, 0.6) is 0 Å². The Labute approximate surface area is 127 Å². The fourth-order valence-corrected chi connectivity index (χ4v) is 2.87. The number of hydrogen-bond donors (Lipinski definition) is 1. The molecule has 2 aromatic rings. The third-order valence-electron chi connectivity index (χ3n) is 3.34. The highest BCUT2D eigenvalue weighted by Crippen LogP contribution is 2.23. The predicted octanol–water partition coefficient (Wildman–Crippen LogP) is 3.21. The molecule has 1 amide bonds. The van der Waals surface area contributed by atoms with Crippen LogP contribution in [-0.4, -0.2) is 28.9 Å². The molecule has 0 aliphatic rings. The van der Waals surface area contributed by atoms with Crippen LogP contribution in [0.4, 0.5) is 0 Å². The number of rotatable bonds is 5. The largest absolute Gasteiger partial charge is 0.478 e. The lowest BCUT2D eigenvalue weighted by Gasteiger charge is -2.21. The number of hydrogen-bond acceptors (Lipinski definition) is 3. The van der Waals surface area contributed by atoms with Gasteiger partial charge in [0.15, 0.2) is 0 Å².